The van der Waals surface area contributed by atoms with E-state index in [1.165, 1.54) is 0 Å². The maximum atomic E-state index is 12.1. The molecule has 2 rings (SSSR count). The van der Waals surface area contributed by atoms with Crippen molar-refractivity contribution in [2.75, 3.05) is 0 Å². The van der Waals surface area contributed by atoms with E-state index >= 15 is 0 Å². The van der Waals surface area contributed by atoms with Crippen molar-refractivity contribution < 1.29 is 9.59 Å². The summed E-state index contributed by atoms with van der Waals surface area (Å²) in [5, 5.41) is 11.0. The van der Waals surface area contributed by atoms with Crippen molar-refractivity contribution in [1.29, 1.82) is 0 Å². The Kier molecular flexibility index (Phi) is 4.92. The zero-order valence-electron chi connectivity index (χ0n) is 13.7. The third-order valence-electron chi connectivity index (χ3n) is 3.73. The van der Waals surface area contributed by atoms with Crippen molar-refractivity contribution in [3.8, 4) is 0 Å². The first-order chi connectivity index (χ1) is 10.2. The fourth-order valence-electron chi connectivity index (χ4n) is 3.34. The first-order valence-corrected chi connectivity index (χ1v) is 8.45. The highest BCUT2D eigenvalue weighted by atomic mass is 32.1. The Labute approximate surface area is 135 Å². The van der Waals surface area contributed by atoms with Crippen LogP contribution < -0.4 is 16.0 Å². The maximum Gasteiger partial charge on any atom is 0.309 e. The van der Waals surface area contributed by atoms with E-state index in [1.54, 1.807) is 11.3 Å². The van der Waals surface area contributed by atoms with Gasteiger partial charge >= 0.3 is 11.8 Å². The summed E-state index contributed by atoms with van der Waals surface area (Å²) in [6, 6.07) is 3.86. The van der Waals surface area contributed by atoms with Crippen molar-refractivity contribution in [3.63, 3.8) is 0 Å². The van der Waals surface area contributed by atoms with Crippen LogP contribution in [0, 0.1) is 0 Å². The fraction of sp³-hybridized carbons (Fsp3) is 0.625. The van der Waals surface area contributed by atoms with Crippen LogP contribution in [-0.4, -0.2) is 28.9 Å². The van der Waals surface area contributed by atoms with Crippen molar-refractivity contribution in [1.82, 2.24) is 16.0 Å². The molecule has 2 heterocycles. The van der Waals surface area contributed by atoms with E-state index in [9.17, 15) is 9.59 Å². The van der Waals surface area contributed by atoms with Crippen LogP contribution in [0.4, 0.5) is 0 Å². The lowest BCUT2D eigenvalue weighted by Gasteiger charge is -2.46. The van der Waals surface area contributed by atoms with Gasteiger partial charge in [-0.05, 0) is 52.0 Å². The minimum absolute atomic E-state index is 0.00578. The lowest BCUT2D eigenvalue weighted by atomic mass is 9.79. The zero-order chi connectivity index (χ0) is 16.4. The molecule has 0 spiro atoms. The molecule has 1 saturated heterocycles. The Morgan fingerprint density at radius 2 is 1.86 bits per heavy atom. The molecule has 1 aromatic rings. The van der Waals surface area contributed by atoms with Crippen LogP contribution in [0.15, 0.2) is 17.5 Å². The summed E-state index contributed by atoms with van der Waals surface area (Å²) in [4.78, 5) is 25.0. The molecule has 1 aliphatic rings. The topological polar surface area (TPSA) is 70.2 Å². The predicted octanol–water partition coefficient (Wildman–Crippen LogP) is 1.79. The molecular weight excluding hydrogens is 298 g/mol. The monoisotopic (exact) mass is 323 g/mol. The highest BCUT2D eigenvalue weighted by Gasteiger charge is 2.38. The normalized spacial score (nSPS) is 20.4. The molecule has 1 aliphatic heterocycles. The summed E-state index contributed by atoms with van der Waals surface area (Å²) in [6.07, 6.45) is 1.61. The van der Waals surface area contributed by atoms with Gasteiger partial charge in [0, 0.05) is 22.0 Å². The van der Waals surface area contributed by atoms with Crippen LogP contribution in [0.3, 0.4) is 0 Å². The number of hydrogen-bond donors (Lipinski definition) is 3. The Morgan fingerprint density at radius 3 is 2.41 bits per heavy atom. The molecule has 0 radical (unpaired) electrons. The van der Waals surface area contributed by atoms with Crippen LogP contribution in [-0.2, 0) is 16.1 Å². The standard InChI is InChI=1S/C16H25N3O2S/c1-15(2)8-11(9-16(3,4)19-15)18-14(21)13(20)17-10-12-6-5-7-22-12/h5-7,11,19H,8-10H2,1-4H3,(H,17,20)(H,18,21). The van der Waals surface area contributed by atoms with Crippen LogP contribution in [0.2, 0.25) is 0 Å². The summed E-state index contributed by atoms with van der Waals surface area (Å²) in [7, 11) is 0. The smallest absolute Gasteiger partial charge is 0.309 e. The molecule has 0 bridgehead atoms. The molecule has 3 N–H and O–H groups in total. The number of carbonyl (C=O) groups excluding carboxylic acids is 2. The zero-order valence-corrected chi connectivity index (χ0v) is 14.5. The summed E-state index contributed by atoms with van der Waals surface area (Å²) in [5.41, 5.74) is -0.125. The highest BCUT2D eigenvalue weighted by Crippen LogP contribution is 2.28. The van der Waals surface area contributed by atoms with Gasteiger partial charge in [0.15, 0.2) is 0 Å². The summed E-state index contributed by atoms with van der Waals surface area (Å²) >= 11 is 1.56. The van der Waals surface area contributed by atoms with Crippen LogP contribution in [0.1, 0.15) is 45.4 Å². The molecule has 6 heteroatoms. The fourth-order valence-corrected chi connectivity index (χ4v) is 3.98. The van der Waals surface area contributed by atoms with E-state index in [0.717, 1.165) is 17.7 Å². The van der Waals surface area contributed by atoms with Crippen LogP contribution >= 0.6 is 11.3 Å². The molecule has 0 aromatic carbocycles. The number of nitrogens with one attached hydrogen (secondary N) is 3. The molecule has 0 saturated carbocycles. The molecule has 2 amide bonds. The summed E-state index contributed by atoms with van der Waals surface area (Å²) in [6.45, 7) is 8.86. The van der Waals surface area contributed by atoms with E-state index in [-0.39, 0.29) is 17.1 Å². The molecule has 1 fully saturated rings. The Balaban J connectivity index is 1.86. The van der Waals surface area contributed by atoms with Gasteiger partial charge in [0.2, 0.25) is 0 Å². The van der Waals surface area contributed by atoms with E-state index in [0.29, 0.717) is 6.54 Å². The quantitative estimate of drug-likeness (QED) is 0.743. The van der Waals surface area contributed by atoms with Crippen molar-refractivity contribution in [2.45, 2.75) is 64.2 Å². The maximum absolute atomic E-state index is 12.1. The number of hydrogen-bond acceptors (Lipinski definition) is 4. The highest BCUT2D eigenvalue weighted by molar-refractivity contribution is 7.09. The molecule has 0 unspecified atom stereocenters. The first-order valence-electron chi connectivity index (χ1n) is 7.57. The van der Waals surface area contributed by atoms with Gasteiger partial charge in [-0.1, -0.05) is 6.07 Å². The number of rotatable bonds is 3. The third kappa shape index (κ3) is 4.81. The summed E-state index contributed by atoms with van der Waals surface area (Å²) in [5.74, 6) is -1.11. The van der Waals surface area contributed by atoms with Gasteiger partial charge in [-0.3, -0.25) is 9.59 Å². The second-order valence-electron chi connectivity index (χ2n) is 7.23. The molecule has 122 valence electrons. The Morgan fingerprint density at radius 1 is 1.23 bits per heavy atom. The molecule has 22 heavy (non-hydrogen) atoms. The number of amides is 2. The summed E-state index contributed by atoms with van der Waals surface area (Å²) < 4.78 is 0. The van der Waals surface area contributed by atoms with Gasteiger partial charge in [0.25, 0.3) is 0 Å². The average Bonchev–Trinajstić information content (AvgIpc) is 2.84. The second-order valence-corrected chi connectivity index (χ2v) is 8.27. The molecular formula is C16H25N3O2S. The van der Waals surface area contributed by atoms with E-state index in [4.69, 9.17) is 0 Å². The minimum Gasteiger partial charge on any atom is -0.345 e. The predicted molar refractivity (Wildman–Crippen MR) is 88.6 cm³/mol. The largest absolute Gasteiger partial charge is 0.345 e. The third-order valence-corrected chi connectivity index (χ3v) is 4.61. The average molecular weight is 323 g/mol. The molecule has 0 atom stereocenters. The van der Waals surface area contributed by atoms with Gasteiger partial charge in [0.1, 0.15) is 0 Å². The second kappa shape index (κ2) is 6.38. The SMILES string of the molecule is CC1(C)CC(NC(=O)C(=O)NCc2cccs2)CC(C)(C)N1. The van der Waals surface area contributed by atoms with Crippen LogP contribution in [0.25, 0.3) is 0 Å². The van der Waals surface area contributed by atoms with Gasteiger partial charge in [-0.2, -0.15) is 0 Å². The first kappa shape index (κ1) is 17.0. The molecule has 1 aromatic heterocycles. The number of thiophene rings is 1. The van der Waals surface area contributed by atoms with Gasteiger partial charge in [-0.15, -0.1) is 11.3 Å². The van der Waals surface area contributed by atoms with Crippen molar-refractivity contribution >= 4 is 23.2 Å². The lowest BCUT2D eigenvalue weighted by molar-refractivity contribution is -0.140. The van der Waals surface area contributed by atoms with Gasteiger partial charge in [0.05, 0.1) is 6.54 Å². The van der Waals surface area contributed by atoms with E-state index in [2.05, 4.69) is 43.6 Å². The van der Waals surface area contributed by atoms with Crippen LogP contribution in [0.5, 0.6) is 0 Å². The number of piperidine rings is 1. The number of carbonyl (C=O) groups is 2. The van der Waals surface area contributed by atoms with Crippen molar-refractivity contribution in [3.05, 3.63) is 22.4 Å². The Hall–Kier alpha value is -1.40. The van der Waals surface area contributed by atoms with Crippen molar-refractivity contribution in [2.24, 2.45) is 0 Å². The van der Waals surface area contributed by atoms with E-state index < -0.39 is 11.8 Å². The molecule has 5 nitrogen and oxygen atoms in total. The van der Waals surface area contributed by atoms with Gasteiger partial charge < -0.3 is 16.0 Å². The van der Waals surface area contributed by atoms with E-state index in [1.807, 2.05) is 17.5 Å². The van der Waals surface area contributed by atoms with Gasteiger partial charge in [-0.25, -0.2) is 0 Å². The molecule has 0 aliphatic carbocycles. The minimum atomic E-state index is -0.567. The lowest BCUT2D eigenvalue weighted by Crippen LogP contribution is -2.62. The Bertz CT molecular complexity index is 522.